The van der Waals surface area contributed by atoms with Crippen molar-refractivity contribution in [2.75, 3.05) is 24.6 Å². The number of nitrogens with one attached hydrogen (secondary N) is 1. The van der Waals surface area contributed by atoms with Gasteiger partial charge in [-0.1, -0.05) is 54.6 Å². The Bertz CT molecular complexity index is 2150. The predicted octanol–water partition coefficient (Wildman–Crippen LogP) is 5.97. The molecule has 2 heterocycles. The molecule has 10 nitrogen and oxygen atoms in total. The van der Waals surface area contributed by atoms with Gasteiger partial charge in [-0.05, 0) is 103 Å². The summed E-state index contributed by atoms with van der Waals surface area (Å²) in [6.45, 7) is 5.79. The van der Waals surface area contributed by atoms with E-state index in [9.17, 15) is 18.0 Å². The number of primary sulfonamides is 1. The minimum Gasteiger partial charge on any atom is -0.493 e. The average molecular weight is 706 g/mol. The molecule has 2 amide bonds. The van der Waals surface area contributed by atoms with Crippen LogP contribution in [0.2, 0.25) is 0 Å². The zero-order valence-corrected chi connectivity index (χ0v) is 29.8. The molecule has 4 aromatic carbocycles. The molecule has 0 atom stereocenters. The summed E-state index contributed by atoms with van der Waals surface area (Å²) in [4.78, 5) is 27.8. The molecule has 0 spiro atoms. The van der Waals surface area contributed by atoms with E-state index in [4.69, 9.17) is 9.88 Å². The van der Waals surface area contributed by atoms with Crippen LogP contribution in [-0.4, -0.2) is 49.7 Å². The van der Waals surface area contributed by atoms with E-state index < -0.39 is 10.0 Å². The van der Waals surface area contributed by atoms with E-state index in [1.807, 2.05) is 66.6 Å². The normalized spacial score (nSPS) is 12.7. The van der Waals surface area contributed by atoms with Crippen molar-refractivity contribution in [2.45, 2.75) is 57.4 Å². The fourth-order valence-corrected chi connectivity index (χ4v) is 7.29. The molecule has 1 aliphatic rings. The van der Waals surface area contributed by atoms with Crippen molar-refractivity contribution in [3.63, 3.8) is 0 Å². The minimum atomic E-state index is -3.99. The van der Waals surface area contributed by atoms with Crippen LogP contribution in [0.3, 0.4) is 0 Å². The number of anilines is 1. The topological polar surface area (TPSA) is 137 Å². The Morgan fingerprint density at radius 2 is 1.78 bits per heavy atom. The summed E-state index contributed by atoms with van der Waals surface area (Å²) in [5.74, 6) is 0.757. The molecule has 0 aliphatic carbocycles. The van der Waals surface area contributed by atoms with Crippen LogP contribution in [0.4, 0.5) is 5.69 Å². The number of sulfonamides is 1. The van der Waals surface area contributed by atoms with Gasteiger partial charge in [0.25, 0.3) is 5.91 Å². The van der Waals surface area contributed by atoms with Gasteiger partial charge in [-0.2, -0.15) is 5.10 Å². The lowest BCUT2D eigenvalue weighted by Crippen LogP contribution is -2.35. The molecule has 6 rings (SSSR count). The van der Waals surface area contributed by atoms with E-state index in [1.165, 1.54) is 11.6 Å². The second-order valence-corrected chi connectivity index (χ2v) is 14.4. The second-order valence-electron chi connectivity index (χ2n) is 12.9. The van der Waals surface area contributed by atoms with Crippen molar-refractivity contribution in [1.82, 2.24) is 15.1 Å². The molecule has 51 heavy (non-hydrogen) atoms. The summed E-state index contributed by atoms with van der Waals surface area (Å²) in [5.41, 5.74) is 8.10. The van der Waals surface area contributed by atoms with E-state index in [0.29, 0.717) is 50.1 Å². The van der Waals surface area contributed by atoms with E-state index in [1.54, 1.807) is 35.1 Å². The molecule has 5 aromatic rings. The maximum Gasteiger partial charge on any atom is 0.251 e. The average Bonchev–Trinajstić information content (AvgIpc) is 3.59. The third-order valence-electron chi connectivity index (χ3n) is 9.34. The molecule has 3 N–H and O–H groups in total. The monoisotopic (exact) mass is 705 g/mol. The highest BCUT2D eigenvalue weighted by Gasteiger charge is 2.25. The largest absolute Gasteiger partial charge is 0.493 e. The van der Waals surface area contributed by atoms with Gasteiger partial charge >= 0.3 is 0 Å². The summed E-state index contributed by atoms with van der Waals surface area (Å²) < 4.78 is 32.7. The number of nitrogens with two attached hydrogens (primary N) is 1. The molecule has 1 aliphatic heterocycles. The van der Waals surface area contributed by atoms with Gasteiger partial charge in [-0.25, -0.2) is 13.6 Å². The molecular weight excluding hydrogens is 663 g/mol. The fraction of sp³-hybridized carbons (Fsp3) is 0.275. The zero-order chi connectivity index (χ0) is 36.0. The standard InChI is InChI=1S/C40H43N5O5S/c1-28-10-6-16-37(29(28)2)50-23-9-17-39(46)45-22-8-14-35-34(13-7-15-36(35)45)33-25-43-44(27-33)26-32-24-30(18-19-38(32)51(41,48)49)20-21-42-40(47)31-11-4-3-5-12-31/h3-7,10-13,15-16,18-19,24-25,27H,8-9,14,17,20-23,26H2,1-2H3,(H,42,47)(H2,41,48,49). The van der Waals surface area contributed by atoms with Crippen LogP contribution >= 0.6 is 0 Å². The number of rotatable bonds is 13. The summed E-state index contributed by atoms with van der Waals surface area (Å²) in [7, 11) is -3.99. The smallest absolute Gasteiger partial charge is 0.251 e. The molecule has 0 unspecified atom stereocenters. The van der Waals surface area contributed by atoms with Crippen LogP contribution in [-0.2, 0) is 34.2 Å². The number of fused-ring (bicyclic) bond motifs is 1. The number of benzene rings is 4. The first-order chi connectivity index (χ1) is 24.6. The Morgan fingerprint density at radius 1 is 0.980 bits per heavy atom. The van der Waals surface area contributed by atoms with E-state index >= 15 is 0 Å². The quantitative estimate of drug-likeness (QED) is 0.145. The summed E-state index contributed by atoms with van der Waals surface area (Å²) in [6, 6.07) is 26.0. The Kier molecular flexibility index (Phi) is 11.0. The number of aryl methyl sites for hydroxylation is 1. The van der Waals surface area contributed by atoms with Crippen molar-refractivity contribution in [2.24, 2.45) is 5.14 Å². The Labute approximate surface area is 299 Å². The summed E-state index contributed by atoms with van der Waals surface area (Å²) in [6.07, 6.45) is 6.84. The Morgan fingerprint density at radius 3 is 2.59 bits per heavy atom. The lowest BCUT2D eigenvalue weighted by atomic mass is 9.93. The molecule has 1 aromatic heterocycles. The fourth-order valence-electron chi connectivity index (χ4n) is 6.54. The van der Waals surface area contributed by atoms with E-state index in [0.717, 1.165) is 52.1 Å². The first kappa shape index (κ1) is 35.6. The van der Waals surface area contributed by atoms with Crippen molar-refractivity contribution in [3.05, 3.63) is 131 Å². The van der Waals surface area contributed by atoms with E-state index in [2.05, 4.69) is 23.4 Å². The van der Waals surface area contributed by atoms with Gasteiger partial charge in [-0.3, -0.25) is 14.3 Å². The number of aromatic nitrogens is 2. The summed E-state index contributed by atoms with van der Waals surface area (Å²) >= 11 is 0. The number of carbonyl (C=O) groups excluding carboxylic acids is 2. The first-order valence-corrected chi connectivity index (χ1v) is 18.7. The van der Waals surface area contributed by atoms with Gasteiger partial charge < -0.3 is 15.0 Å². The highest BCUT2D eigenvalue weighted by Crippen LogP contribution is 2.36. The molecule has 0 saturated heterocycles. The number of carbonyl (C=O) groups is 2. The number of amides is 2. The Balaban J connectivity index is 1.13. The van der Waals surface area contributed by atoms with Crippen LogP contribution in [0, 0.1) is 13.8 Å². The van der Waals surface area contributed by atoms with Gasteiger partial charge in [0.1, 0.15) is 5.75 Å². The van der Waals surface area contributed by atoms with Gasteiger partial charge in [0.15, 0.2) is 0 Å². The minimum absolute atomic E-state index is 0.0299. The zero-order valence-electron chi connectivity index (χ0n) is 29.0. The molecule has 0 fully saturated rings. The molecule has 0 saturated carbocycles. The van der Waals surface area contributed by atoms with Gasteiger partial charge in [0, 0.05) is 42.5 Å². The van der Waals surface area contributed by atoms with Crippen molar-refractivity contribution >= 4 is 27.5 Å². The molecule has 0 bridgehead atoms. The number of ether oxygens (including phenoxy) is 1. The third-order valence-corrected chi connectivity index (χ3v) is 10.4. The number of hydrogen-bond acceptors (Lipinski definition) is 6. The van der Waals surface area contributed by atoms with Crippen LogP contribution < -0.4 is 20.1 Å². The Hall–Kier alpha value is -5.26. The second kappa shape index (κ2) is 15.7. The lowest BCUT2D eigenvalue weighted by molar-refractivity contribution is -0.118. The molecule has 0 radical (unpaired) electrons. The lowest BCUT2D eigenvalue weighted by Gasteiger charge is -2.31. The maximum atomic E-state index is 13.4. The van der Waals surface area contributed by atoms with Crippen molar-refractivity contribution < 1.29 is 22.7 Å². The first-order valence-electron chi connectivity index (χ1n) is 17.2. The highest BCUT2D eigenvalue weighted by molar-refractivity contribution is 7.89. The highest BCUT2D eigenvalue weighted by atomic mass is 32.2. The van der Waals surface area contributed by atoms with Crippen LogP contribution in [0.15, 0.2) is 102 Å². The van der Waals surface area contributed by atoms with E-state index in [-0.39, 0.29) is 23.3 Å². The number of nitrogens with zero attached hydrogens (tertiary/aromatic N) is 3. The molecule has 11 heteroatoms. The van der Waals surface area contributed by atoms with Crippen molar-refractivity contribution in [3.8, 4) is 16.9 Å². The van der Waals surface area contributed by atoms with Crippen molar-refractivity contribution in [1.29, 1.82) is 0 Å². The third kappa shape index (κ3) is 8.56. The predicted molar refractivity (Wildman–Crippen MR) is 198 cm³/mol. The molecular formula is C40H43N5O5S. The maximum absolute atomic E-state index is 13.4. The van der Waals surface area contributed by atoms with Crippen LogP contribution in [0.25, 0.3) is 11.1 Å². The van der Waals surface area contributed by atoms with Crippen LogP contribution in [0.5, 0.6) is 5.75 Å². The van der Waals surface area contributed by atoms with Gasteiger partial charge in [0.2, 0.25) is 15.9 Å². The van der Waals surface area contributed by atoms with Gasteiger partial charge in [0.05, 0.1) is 24.2 Å². The van der Waals surface area contributed by atoms with Gasteiger partial charge in [-0.15, -0.1) is 0 Å². The van der Waals surface area contributed by atoms with Crippen LogP contribution in [0.1, 0.15) is 57.4 Å². The molecule has 264 valence electrons. The SMILES string of the molecule is Cc1cccc(OCCCC(=O)N2CCCc3c(-c4cnn(Cc5cc(CCNC(=O)c6ccccc6)ccc5S(N)(=O)=O)c4)cccc32)c1C. The summed E-state index contributed by atoms with van der Waals surface area (Å²) in [5, 5.41) is 13.1. The number of hydrogen-bond donors (Lipinski definition) is 2.